The first-order valence-corrected chi connectivity index (χ1v) is 5.18. The normalized spacial score (nSPS) is 37.1. The van der Waals surface area contributed by atoms with Gasteiger partial charge in [-0.2, -0.15) is 10.5 Å². The van der Waals surface area contributed by atoms with Crippen molar-refractivity contribution in [1.82, 2.24) is 0 Å². The zero-order valence-corrected chi connectivity index (χ0v) is 10.2. The van der Waals surface area contributed by atoms with E-state index in [0.29, 0.717) is 6.42 Å². The third-order valence-corrected chi connectivity index (χ3v) is 2.86. The van der Waals surface area contributed by atoms with E-state index in [1.807, 2.05) is 0 Å². The second-order valence-corrected chi connectivity index (χ2v) is 3.95. The van der Waals surface area contributed by atoms with Crippen LogP contribution in [0.1, 0.15) is 6.42 Å². The molecule has 1 aliphatic heterocycles. The first-order chi connectivity index (χ1) is 8.17. The largest absolute Gasteiger partial charge is 0.383 e. The van der Waals surface area contributed by atoms with Crippen LogP contribution in [-0.4, -0.2) is 40.5 Å². The summed E-state index contributed by atoms with van der Waals surface area (Å²) in [7, 11) is 4.40. The Morgan fingerprint density at radius 2 is 2.00 bits per heavy atom. The number of ether oxygens (including phenoxy) is 4. The van der Waals surface area contributed by atoms with Gasteiger partial charge in [0, 0.05) is 21.3 Å². The molecular weight excluding hydrogens is 224 g/mol. The molecule has 0 aromatic carbocycles. The van der Waals surface area contributed by atoms with Gasteiger partial charge in [-0.25, -0.2) is 0 Å². The van der Waals surface area contributed by atoms with Crippen LogP contribution in [0, 0.1) is 34.0 Å². The fourth-order valence-electron chi connectivity index (χ4n) is 2.05. The van der Waals surface area contributed by atoms with Gasteiger partial charge < -0.3 is 18.9 Å². The first-order valence-electron chi connectivity index (χ1n) is 5.18. The Bertz CT molecular complexity index is 335. The van der Waals surface area contributed by atoms with Crippen LogP contribution >= 0.6 is 0 Å². The molecule has 0 amide bonds. The van der Waals surface area contributed by atoms with Crippen molar-refractivity contribution in [3.8, 4) is 12.1 Å². The molecule has 0 spiro atoms. The summed E-state index contributed by atoms with van der Waals surface area (Å²) >= 11 is 0. The van der Waals surface area contributed by atoms with Crippen LogP contribution < -0.4 is 0 Å². The zero-order chi connectivity index (χ0) is 12.9. The molecule has 17 heavy (non-hydrogen) atoms. The van der Waals surface area contributed by atoms with Crippen LogP contribution in [0.5, 0.6) is 0 Å². The highest BCUT2D eigenvalue weighted by molar-refractivity contribution is 5.08. The molecule has 6 nitrogen and oxygen atoms in total. The van der Waals surface area contributed by atoms with Gasteiger partial charge in [0.2, 0.25) is 0 Å². The Balaban J connectivity index is 2.97. The molecule has 1 fully saturated rings. The molecule has 1 heterocycles. The van der Waals surface area contributed by atoms with Gasteiger partial charge in [-0.15, -0.1) is 0 Å². The molecule has 0 aromatic rings. The summed E-state index contributed by atoms with van der Waals surface area (Å²) in [6.07, 6.45) is -1.14. The molecule has 0 aliphatic carbocycles. The van der Waals surface area contributed by atoms with Gasteiger partial charge in [-0.3, -0.25) is 0 Å². The van der Waals surface area contributed by atoms with Gasteiger partial charge in [-0.1, -0.05) is 0 Å². The number of hydrogen-bond acceptors (Lipinski definition) is 6. The average Bonchev–Trinajstić information content (AvgIpc) is 2.38. The highest BCUT2D eigenvalue weighted by Gasteiger charge is 2.50. The van der Waals surface area contributed by atoms with E-state index in [2.05, 4.69) is 12.1 Å². The molecule has 1 aliphatic rings. The number of methoxy groups -OCH3 is 3. The predicted molar refractivity (Wildman–Crippen MR) is 56.3 cm³/mol. The van der Waals surface area contributed by atoms with Crippen molar-refractivity contribution in [2.24, 2.45) is 11.3 Å². The Kier molecular flexibility index (Phi) is 4.86. The van der Waals surface area contributed by atoms with Crippen LogP contribution in [0.2, 0.25) is 0 Å². The topological polar surface area (TPSA) is 84.5 Å². The quantitative estimate of drug-likeness (QED) is 0.717. The lowest BCUT2D eigenvalue weighted by molar-refractivity contribution is -0.305. The first kappa shape index (κ1) is 13.9. The molecule has 1 rings (SSSR count). The van der Waals surface area contributed by atoms with Crippen LogP contribution in [0.15, 0.2) is 0 Å². The minimum absolute atomic E-state index is 0.149. The van der Waals surface area contributed by atoms with E-state index in [1.165, 1.54) is 21.3 Å². The third-order valence-electron chi connectivity index (χ3n) is 2.86. The van der Waals surface area contributed by atoms with Gasteiger partial charge >= 0.3 is 0 Å². The molecule has 4 atom stereocenters. The highest BCUT2D eigenvalue weighted by Crippen LogP contribution is 2.40. The summed E-state index contributed by atoms with van der Waals surface area (Å²) in [4.78, 5) is 0. The minimum atomic E-state index is -0.973. The Morgan fingerprint density at radius 1 is 1.29 bits per heavy atom. The average molecular weight is 240 g/mol. The van der Waals surface area contributed by atoms with Crippen molar-refractivity contribution in [3.05, 3.63) is 0 Å². The van der Waals surface area contributed by atoms with E-state index >= 15 is 0 Å². The summed E-state index contributed by atoms with van der Waals surface area (Å²) in [6, 6.07) is 4.23. The number of nitriles is 2. The monoisotopic (exact) mass is 240 g/mol. The zero-order valence-electron chi connectivity index (χ0n) is 10.2. The third kappa shape index (κ3) is 2.56. The molecule has 0 aromatic heterocycles. The maximum atomic E-state index is 9.31. The lowest BCUT2D eigenvalue weighted by Gasteiger charge is -2.42. The van der Waals surface area contributed by atoms with Crippen molar-refractivity contribution >= 4 is 0 Å². The lowest BCUT2D eigenvalue weighted by Crippen LogP contribution is -2.51. The van der Waals surface area contributed by atoms with Crippen LogP contribution in [0.3, 0.4) is 0 Å². The molecule has 0 N–H and O–H groups in total. The van der Waals surface area contributed by atoms with Gasteiger partial charge in [-0.05, 0) is 6.42 Å². The number of rotatable bonds is 4. The predicted octanol–water partition coefficient (Wildman–Crippen LogP) is 0.648. The molecule has 0 radical (unpaired) electrons. The van der Waals surface area contributed by atoms with E-state index in [4.69, 9.17) is 24.2 Å². The van der Waals surface area contributed by atoms with Gasteiger partial charge in [0.25, 0.3) is 0 Å². The summed E-state index contributed by atoms with van der Waals surface area (Å²) in [6.45, 7) is 0.149. The Morgan fingerprint density at radius 3 is 2.41 bits per heavy atom. The summed E-state index contributed by atoms with van der Waals surface area (Å²) in [5.74, 6) is -0.513. The molecular formula is C11H16N2O4. The molecule has 0 bridgehead atoms. The van der Waals surface area contributed by atoms with Crippen molar-refractivity contribution in [3.63, 3.8) is 0 Å². The van der Waals surface area contributed by atoms with Crippen LogP contribution in [0.4, 0.5) is 0 Å². The SMILES string of the molecule is COCC1(C#N)CC(C#N)C(OC)OC1OC. The molecule has 6 heteroatoms. The van der Waals surface area contributed by atoms with Crippen molar-refractivity contribution in [2.75, 3.05) is 27.9 Å². The van der Waals surface area contributed by atoms with E-state index in [9.17, 15) is 5.26 Å². The van der Waals surface area contributed by atoms with Gasteiger partial charge in [0.15, 0.2) is 12.6 Å². The number of nitrogens with zero attached hydrogens (tertiary/aromatic N) is 2. The van der Waals surface area contributed by atoms with Gasteiger partial charge in [0.1, 0.15) is 5.41 Å². The van der Waals surface area contributed by atoms with E-state index in [0.717, 1.165) is 0 Å². The molecule has 1 saturated heterocycles. The standard InChI is InChI=1S/C11H16N2O4/c1-14-7-11(6-13)4-8(5-12)9(15-2)17-10(11)16-3/h8-10H,4,7H2,1-3H3. The fourth-order valence-corrected chi connectivity index (χ4v) is 2.05. The summed E-state index contributed by atoms with van der Waals surface area (Å²) in [5.41, 5.74) is -0.973. The van der Waals surface area contributed by atoms with E-state index < -0.39 is 23.9 Å². The van der Waals surface area contributed by atoms with Crippen molar-refractivity contribution in [2.45, 2.75) is 19.0 Å². The van der Waals surface area contributed by atoms with Crippen LogP contribution in [0.25, 0.3) is 0 Å². The molecule has 4 unspecified atom stereocenters. The second kappa shape index (κ2) is 5.95. The maximum Gasteiger partial charge on any atom is 0.181 e. The van der Waals surface area contributed by atoms with Gasteiger partial charge in [0.05, 0.1) is 24.7 Å². The Hall–Kier alpha value is -1.18. The fraction of sp³-hybridized carbons (Fsp3) is 0.818. The highest BCUT2D eigenvalue weighted by atomic mass is 16.8. The summed E-state index contributed by atoms with van der Waals surface area (Å²) < 4.78 is 20.7. The second-order valence-electron chi connectivity index (χ2n) is 3.95. The smallest absolute Gasteiger partial charge is 0.181 e. The van der Waals surface area contributed by atoms with Crippen LogP contribution in [-0.2, 0) is 18.9 Å². The minimum Gasteiger partial charge on any atom is -0.383 e. The van der Waals surface area contributed by atoms with Crippen molar-refractivity contribution < 1.29 is 18.9 Å². The summed E-state index contributed by atoms with van der Waals surface area (Å²) in [5, 5.41) is 18.4. The van der Waals surface area contributed by atoms with E-state index in [-0.39, 0.29) is 6.61 Å². The Labute approximate surface area is 101 Å². The molecule has 0 saturated carbocycles. The number of hydrogen-bond donors (Lipinski definition) is 0. The lowest BCUT2D eigenvalue weighted by atomic mass is 9.78. The van der Waals surface area contributed by atoms with Crippen molar-refractivity contribution in [1.29, 1.82) is 10.5 Å². The molecule has 94 valence electrons. The van der Waals surface area contributed by atoms with E-state index in [1.54, 1.807) is 0 Å². The maximum absolute atomic E-state index is 9.31.